The summed E-state index contributed by atoms with van der Waals surface area (Å²) in [5, 5.41) is 24.2. The Balaban J connectivity index is 1.33. The van der Waals surface area contributed by atoms with Gasteiger partial charge in [0, 0.05) is 45.9 Å². The monoisotopic (exact) mass is 568 g/mol. The molecule has 194 valence electrons. The van der Waals surface area contributed by atoms with Gasteiger partial charge in [-0.1, -0.05) is 66.7 Å². The van der Waals surface area contributed by atoms with Gasteiger partial charge in [0.15, 0.2) is 0 Å². The quantitative estimate of drug-likeness (QED) is 0.213. The Kier molecular flexibility index (Phi) is 5.66. The maximum atomic E-state index is 10.0. The number of rotatable bonds is 3. The van der Waals surface area contributed by atoms with Crippen LogP contribution in [0.4, 0.5) is 0 Å². The van der Waals surface area contributed by atoms with E-state index in [2.05, 4.69) is 91.0 Å². The lowest BCUT2D eigenvalue weighted by atomic mass is 9.89. The van der Waals surface area contributed by atoms with Crippen LogP contribution in [0.2, 0.25) is 0 Å². The third kappa shape index (κ3) is 3.90. The molecule has 0 fully saturated rings. The Morgan fingerprint density at radius 2 is 1.07 bits per heavy atom. The molecule has 8 aromatic rings. The van der Waals surface area contributed by atoms with Crippen molar-refractivity contribution in [2.75, 3.05) is 0 Å². The van der Waals surface area contributed by atoms with Crippen molar-refractivity contribution < 1.29 is 0 Å². The van der Waals surface area contributed by atoms with Gasteiger partial charge in [-0.2, -0.15) is 10.5 Å². The largest absolute Gasteiger partial charge is 0.192 e. The fourth-order valence-corrected chi connectivity index (χ4v) is 8.15. The third-order valence-corrected chi connectivity index (χ3v) is 10.3. The second kappa shape index (κ2) is 9.68. The molecule has 4 heteroatoms. The van der Waals surface area contributed by atoms with Crippen molar-refractivity contribution in [3.63, 3.8) is 0 Å². The molecule has 2 heterocycles. The highest BCUT2D eigenvalue weighted by atomic mass is 32.1. The normalized spacial score (nSPS) is 11.3. The van der Waals surface area contributed by atoms with Crippen LogP contribution in [0.3, 0.4) is 0 Å². The number of benzene rings is 6. The molecule has 0 radical (unpaired) electrons. The van der Waals surface area contributed by atoms with Crippen LogP contribution in [0.1, 0.15) is 11.1 Å². The van der Waals surface area contributed by atoms with Crippen LogP contribution >= 0.6 is 22.7 Å². The third-order valence-electron chi connectivity index (χ3n) is 7.98. The predicted octanol–water partition coefficient (Wildman–Crippen LogP) is 11.2. The molecular weight excluding hydrogens is 549 g/mol. The van der Waals surface area contributed by atoms with E-state index in [1.54, 1.807) is 11.3 Å². The van der Waals surface area contributed by atoms with Crippen molar-refractivity contribution in [3.8, 4) is 45.5 Å². The van der Waals surface area contributed by atoms with Gasteiger partial charge in [-0.05, 0) is 82.4 Å². The second-order valence-electron chi connectivity index (χ2n) is 10.4. The topological polar surface area (TPSA) is 47.6 Å². The zero-order chi connectivity index (χ0) is 28.2. The summed E-state index contributed by atoms with van der Waals surface area (Å²) in [4.78, 5) is 0. The average molecular weight is 569 g/mol. The number of hydrogen-bond acceptors (Lipinski definition) is 4. The van der Waals surface area contributed by atoms with E-state index in [4.69, 9.17) is 0 Å². The van der Waals surface area contributed by atoms with Crippen LogP contribution in [-0.2, 0) is 0 Å². The highest BCUT2D eigenvalue weighted by Crippen LogP contribution is 2.42. The van der Waals surface area contributed by atoms with Gasteiger partial charge in [-0.15, -0.1) is 22.7 Å². The first-order chi connectivity index (χ1) is 20.7. The maximum absolute atomic E-state index is 10.0. The fourth-order valence-electron chi connectivity index (χ4n) is 5.93. The molecule has 0 N–H and O–H groups in total. The van der Waals surface area contributed by atoms with E-state index >= 15 is 0 Å². The average Bonchev–Trinajstić information content (AvgIpc) is 3.61. The second-order valence-corrected chi connectivity index (χ2v) is 12.5. The molecule has 0 saturated carbocycles. The summed E-state index contributed by atoms with van der Waals surface area (Å²) in [5.41, 5.74) is 7.76. The molecule has 0 bridgehead atoms. The number of thiophene rings is 2. The lowest BCUT2D eigenvalue weighted by Crippen LogP contribution is -1.90. The highest BCUT2D eigenvalue weighted by molar-refractivity contribution is 7.26. The predicted molar refractivity (Wildman–Crippen MR) is 178 cm³/mol. The minimum absolute atomic E-state index is 0.659. The summed E-state index contributed by atoms with van der Waals surface area (Å²) in [6, 6.07) is 46.9. The molecule has 0 saturated heterocycles. The van der Waals surface area contributed by atoms with E-state index in [1.807, 2.05) is 53.8 Å². The number of fused-ring (bicyclic) bond motifs is 6. The summed E-state index contributed by atoms with van der Waals surface area (Å²) < 4.78 is 4.93. The van der Waals surface area contributed by atoms with Gasteiger partial charge in [-0.3, -0.25) is 0 Å². The first-order valence-electron chi connectivity index (χ1n) is 13.6. The van der Waals surface area contributed by atoms with Crippen molar-refractivity contribution in [2.45, 2.75) is 0 Å². The van der Waals surface area contributed by atoms with Crippen LogP contribution < -0.4 is 0 Å². The molecule has 0 amide bonds. The summed E-state index contributed by atoms with van der Waals surface area (Å²) in [6.07, 6.45) is 0. The molecule has 0 unspecified atom stereocenters. The van der Waals surface area contributed by atoms with Gasteiger partial charge in [0.2, 0.25) is 0 Å². The van der Waals surface area contributed by atoms with Crippen LogP contribution in [0.25, 0.3) is 73.7 Å². The molecule has 0 aliphatic carbocycles. The van der Waals surface area contributed by atoms with Gasteiger partial charge in [-0.25, -0.2) is 0 Å². The lowest BCUT2D eigenvalue weighted by molar-refractivity contribution is 1.48. The van der Waals surface area contributed by atoms with Crippen LogP contribution in [0.15, 0.2) is 121 Å². The Morgan fingerprint density at radius 3 is 1.95 bits per heavy atom. The summed E-state index contributed by atoms with van der Waals surface area (Å²) in [6.45, 7) is 0. The lowest BCUT2D eigenvalue weighted by Gasteiger charge is -2.15. The van der Waals surface area contributed by atoms with Crippen molar-refractivity contribution in [1.82, 2.24) is 0 Å². The SMILES string of the molecule is N#Cc1ccc2sc3cc(-c4ccc(-c5ccc6sc7ccccc7c6c5)c(-c5ccccc5C#N)c4)ccc3c2c1. The number of nitrogens with zero attached hydrogens (tertiary/aromatic N) is 2. The minimum atomic E-state index is 0.659. The molecule has 0 spiro atoms. The van der Waals surface area contributed by atoms with Crippen molar-refractivity contribution >= 4 is 63.0 Å². The summed E-state index contributed by atoms with van der Waals surface area (Å²) >= 11 is 3.57. The van der Waals surface area contributed by atoms with E-state index in [0.717, 1.165) is 38.8 Å². The smallest absolute Gasteiger partial charge is 0.0998 e. The minimum Gasteiger partial charge on any atom is -0.192 e. The summed E-state index contributed by atoms with van der Waals surface area (Å²) in [7, 11) is 0. The number of nitriles is 2. The molecule has 6 aromatic carbocycles. The Morgan fingerprint density at radius 1 is 0.405 bits per heavy atom. The van der Waals surface area contributed by atoms with Gasteiger partial charge in [0.25, 0.3) is 0 Å². The van der Waals surface area contributed by atoms with Crippen LogP contribution in [0.5, 0.6) is 0 Å². The zero-order valence-corrected chi connectivity index (χ0v) is 23.9. The van der Waals surface area contributed by atoms with Crippen LogP contribution in [-0.4, -0.2) is 0 Å². The Labute approximate surface area is 250 Å². The van der Waals surface area contributed by atoms with Gasteiger partial charge >= 0.3 is 0 Å². The molecule has 8 rings (SSSR count). The first kappa shape index (κ1) is 24.5. The highest BCUT2D eigenvalue weighted by Gasteiger charge is 2.15. The van der Waals surface area contributed by atoms with Gasteiger partial charge in [0.1, 0.15) is 0 Å². The first-order valence-corrected chi connectivity index (χ1v) is 15.3. The van der Waals surface area contributed by atoms with Crippen molar-refractivity contribution in [1.29, 1.82) is 10.5 Å². The molecule has 42 heavy (non-hydrogen) atoms. The summed E-state index contributed by atoms with van der Waals surface area (Å²) in [5.74, 6) is 0. The molecule has 2 aromatic heterocycles. The van der Waals surface area contributed by atoms with Crippen molar-refractivity contribution in [3.05, 3.63) is 132 Å². The molecular formula is C38H20N2S2. The maximum Gasteiger partial charge on any atom is 0.0998 e. The Bertz CT molecular complexity index is 2450. The van der Waals surface area contributed by atoms with E-state index in [-0.39, 0.29) is 0 Å². The van der Waals surface area contributed by atoms with Gasteiger partial charge in [0.05, 0.1) is 23.3 Å². The molecule has 0 atom stereocenters. The Hall–Kier alpha value is -5.26. The van der Waals surface area contributed by atoms with Gasteiger partial charge < -0.3 is 0 Å². The van der Waals surface area contributed by atoms with E-state index < -0.39 is 0 Å². The van der Waals surface area contributed by atoms with E-state index in [9.17, 15) is 10.5 Å². The molecule has 0 aliphatic heterocycles. The molecule has 2 nitrogen and oxygen atoms in total. The zero-order valence-electron chi connectivity index (χ0n) is 22.3. The van der Waals surface area contributed by atoms with Crippen molar-refractivity contribution in [2.24, 2.45) is 0 Å². The fraction of sp³-hybridized carbons (Fsp3) is 0. The van der Waals surface area contributed by atoms with E-state index in [0.29, 0.717) is 11.1 Å². The van der Waals surface area contributed by atoms with E-state index in [1.165, 1.54) is 35.0 Å². The number of hydrogen-bond donors (Lipinski definition) is 0. The molecule has 0 aliphatic rings. The van der Waals surface area contributed by atoms with Crippen LogP contribution in [0, 0.1) is 22.7 Å². The standard InChI is InChI=1S/C38H20N2S2/c39-21-23-9-15-36-33(17-23)31-14-11-25(20-38(31)42-36)24-10-13-29(32(18-24)28-6-2-1-5-27(28)22-40)26-12-16-37-34(19-26)30-7-3-4-8-35(30)41-37/h1-20H.